The van der Waals surface area contributed by atoms with Crippen LogP contribution in [0.4, 0.5) is 0 Å². The first-order valence-corrected chi connectivity index (χ1v) is 6.74. The molecule has 0 saturated heterocycles. The molecule has 0 spiro atoms. The van der Waals surface area contributed by atoms with Crippen LogP contribution in [0.3, 0.4) is 0 Å². The van der Waals surface area contributed by atoms with Crippen LogP contribution in [0, 0.1) is 0 Å². The first kappa shape index (κ1) is 13.7. The fourth-order valence-corrected chi connectivity index (χ4v) is 1.90. The van der Waals surface area contributed by atoms with Crippen molar-refractivity contribution in [1.29, 1.82) is 0 Å². The molecule has 0 aliphatic heterocycles. The molecule has 4 aromatic rings. The summed E-state index contributed by atoms with van der Waals surface area (Å²) >= 11 is 0. The molecule has 0 aliphatic carbocycles. The predicted octanol–water partition coefficient (Wildman–Crippen LogP) is 2.94. The Morgan fingerprint density at radius 3 is 1.73 bits per heavy atom. The van der Waals surface area contributed by atoms with E-state index in [2.05, 4.69) is 30.1 Å². The number of H-pyrrole nitrogens is 2. The van der Waals surface area contributed by atoms with Crippen LogP contribution in [-0.4, -0.2) is 30.1 Å². The second-order valence-corrected chi connectivity index (χ2v) is 4.37. The molecule has 108 valence electrons. The number of hydrogen-bond acceptors (Lipinski definition) is 4. The molecular weight excluding hydrogens is 276 g/mol. The van der Waals surface area contributed by atoms with Crippen molar-refractivity contribution < 1.29 is 0 Å². The van der Waals surface area contributed by atoms with Gasteiger partial charge < -0.3 is 4.98 Å². The van der Waals surface area contributed by atoms with Gasteiger partial charge in [-0.2, -0.15) is 5.10 Å². The Morgan fingerprint density at radius 2 is 1.36 bits per heavy atom. The van der Waals surface area contributed by atoms with E-state index in [0.29, 0.717) is 0 Å². The predicted molar refractivity (Wildman–Crippen MR) is 83.6 cm³/mol. The van der Waals surface area contributed by atoms with Crippen molar-refractivity contribution in [2.75, 3.05) is 0 Å². The Labute approximate surface area is 127 Å². The van der Waals surface area contributed by atoms with Crippen molar-refractivity contribution in [1.82, 2.24) is 30.1 Å². The summed E-state index contributed by atoms with van der Waals surface area (Å²) in [6.07, 6.45) is 6.53. The minimum atomic E-state index is 0.940. The van der Waals surface area contributed by atoms with Crippen molar-refractivity contribution in [3.8, 4) is 22.8 Å². The normalized spacial score (nSPS) is 9.82. The molecule has 4 rings (SSSR count). The van der Waals surface area contributed by atoms with Gasteiger partial charge in [-0.1, -0.05) is 12.1 Å². The Kier molecular flexibility index (Phi) is 4.32. The highest BCUT2D eigenvalue weighted by molar-refractivity contribution is 5.63. The van der Waals surface area contributed by atoms with Crippen LogP contribution in [0.1, 0.15) is 0 Å². The highest BCUT2D eigenvalue weighted by atomic mass is 15.2. The molecular formula is C16H14N6. The van der Waals surface area contributed by atoms with Gasteiger partial charge in [0.25, 0.3) is 0 Å². The van der Waals surface area contributed by atoms with E-state index in [9.17, 15) is 0 Å². The third kappa shape index (κ3) is 3.43. The van der Waals surface area contributed by atoms with Crippen molar-refractivity contribution in [2.45, 2.75) is 0 Å². The van der Waals surface area contributed by atoms with Crippen LogP contribution in [0.5, 0.6) is 0 Å². The average Bonchev–Trinajstić information content (AvgIpc) is 3.31. The highest BCUT2D eigenvalue weighted by Gasteiger charge is 2.04. The van der Waals surface area contributed by atoms with Gasteiger partial charge in [0.1, 0.15) is 12.7 Å². The maximum absolute atomic E-state index is 4.30. The number of rotatable bonds is 2. The molecule has 2 N–H and O–H groups in total. The molecule has 6 nitrogen and oxygen atoms in total. The van der Waals surface area contributed by atoms with Crippen LogP contribution in [-0.2, 0) is 0 Å². The molecule has 4 heterocycles. The van der Waals surface area contributed by atoms with Gasteiger partial charge in [-0.25, -0.2) is 4.98 Å². The van der Waals surface area contributed by atoms with E-state index >= 15 is 0 Å². The first-order valence-electron chi connectivity index (χ1n) is 6.74. The minimum Gasteiger partial charge on any atom is -0.352 e. The summed E-state index contributed by atoms with van der Waals surface area (Å²) in [6.45, 7) is 0. The summed E-state index contributed by atoms with van der Waals surface area (Å²) < 4.78 is 0. The second kappa shape index (κ2) is 6.94. The molecule has 22 heavy (non-hydrogen) atoms. The molecule has 0 aliphatic rings. The standard InChI is InChI=1S/C14H11N3.C2H3N3/c1-3-9-15-11(5-1)13-7-8-14(17-13)12-6-2-4-10-16-12;1-3-2-5-4-1/h1-10,17H;1-2H,(H,3,4,5). The lowest BCUT2D eigenvalue weighted by Crippen LogP contribution is -1.84. The van der Waals surface area contributed by atoms with E-state index in [1.165, 1.54) is 12.7 Å². The van der Waals surface area contributed by atoms with Crippen molar-refractivity contribution in [2.24, 2.45) is 0 Å². The molecule has 0 amide bonds. The lowest BCUT2D eigenvalue weighted by molar-refractivity contribution is 1.09. The second-order valence-electron chi connectivity index (χ2n) is 4.37. The molecule has 0 saturated carbocycles. The van der Waals surface area contributed by atoms with E-state index in [1.54, 1.807) is 12.4 Å². The summed E-state index contributed by atoms with van der Waals surface area (Å²) in [4.78, 5) is 15.5. The molecule has 0 radical (unpaired) electrons. The number of aromatic amines is 2. The lowest BCUT2D eigenvalue weighted by Gasteiger charge is -1.97. The zero-order valence-corrected chi connectivity index (χ0v) is 11.7. The summed E-state index contributed by atoms with van der Waals surface area (Å²) in [7, 11) is 0. The van der Waals surface area contributed by atoms with Gasteiger partial charge in [0.2, 0.25) is 0 Å². The molecule has 4 aromatic heterocycles. The maximum atomic E-state index is 4.30. The molecule has 0 atom stereocenters. The number of pyridine rings is 2. The van der Waals surface area contributed by atoms with Crippen LogP contribution in [0.2, 0.25) is 0 Å². The van der Waals surface area contributed by atoms with Gasteiger partial charge in [-0.3, -0.25) is 15.1 Å². The van der Waals surface area contributed by atoms with Gasteiger partial charge in [0, 0.05) is 12.4 Å². The van der Waals surface area contributed by atoms with Crippen LogP contribution in [0.15, 0.2) is 73.6 Å². The third-order valence-corrected chi connectivity index (χ3v) is 2.90. The van der Waals surface area contributed by atoms with Crippen molar-refractivity contribution in [3.05, 3.63) is 73.6 Å². The summed E-state index contributed by atoms with van der Waals surface area (Å²) in [5, 5.41) is 5.99. The third-order valence-electron chi connectivity index (χ3n) is 2.90. The number of hydrogen-bond donors (Lipinski definition) is 2. The monoisotopic (exact) mass is 290 g/mol. The molecule has 0 bridgehead atoms. The number of nitrogens with zero attached hydrogens (tertiary/aromatic N) is 4. The minimum absolute atomic E-state index is 0.940. The Morgan fingerprint density at radius 1 is 0.727 bits per heavy atom. The zero-order valence-electron chi connectivity index (χ0n) is 11.7. The number of nitrogens with one attached hydrogen (secondary N) is 2. The Bertz CT molecular complexity index is 707. The van der Waals surface area contributed by atoms with Gasteiger partial charge in [-0.15, -0.1) is 0 Å². The average molecular weight is 290 g/mol. The van der Waals surface area contributed by atoms with Gasteiger partial charge in [0.15, 0.2) is 0 Å². The van der Waals surface area contributed by atoms with Crippen LogP contribution in [0.25, 0.3) is 22.8 Å². The van der Waals surface area contributed by atoms with Gasteiger partial charge in [-0.05, 0) is 36.4 Å². The quantitative estimate of drug-likeness (QED) is 0.594. The fourth-order valence-electron chi connectivity index (χ4n) is 1.90. The summed E-state index contributed by atoms with van der Waals surface area (Å²) in [5.41, 5.74) is 3.89. The van der Waals surface area contributed by atoms with Gasteiger partial charge >= 0.3 is 0 Å². The smallest absolute Gasteiger partial charge is 0.137 e. The molecule has 0 unspecified atom stereocenters. The van der Waals surface area contributed by atoms with E-state index in [-0.39, 0.29) is 0 Å². The molecule has 0 aromatic carbocycles. The Hall–Kier alpha value is -3.28. The van der Waals surface area contributed by atoms with E-state index in [0.717, 1.165) is 22.8 Å². The van der Waals surface area contributed by atoms with E-state index in [4.69, 9.17) is 0 Å². The molecule has 6 heteroatoms. The lowest BCUT2D eigenvalue weighted by atomic mass is 10.3. The Balaban J connectivity index is 0.000000246. The van der Waals surface area contributed by atoms with Crippen LogP contribution < -0.4 is 0 Å². The van der Waals surface area contributed by atoms with Crippen LogP contribution >= 0.6 is 0 Å². The fraction of sp³-hybridized carbons (Fsp3) is 0. The van der Waals surface area contributed by atoms with E-state index < -0.39 is 0 Å². The van der Waals surface area contributed by atoms with Crippen molar-refractivity contribution >= 4 is 0 Å². The van der Waals surface area contributed by atoms with E-state index in [1.807, 2.05) is 48.5 Å². The highest BCUT2D eigenvalue weighted by Crippen LogP contribution is 2.21. The van der Waals surface area contributed by atoms with Crippen molar-refractivity contribution in [3.63, 3.8) is 0 Å². The summed E-state index contributed by atoms with van der Waals surface area (Å²) in [6, 6.07) is 15.8. The largest absolute Gasteiger partial charge is 0.352 e. The number of aromatic nitrogens is 6. The molecule has 0 fully saturated rings. The summed E-state index contributed by atoms with van der Waals surface area (Å²) in [5.74, 6) is 0. The maximum Gasteiger partial charge on any atom is 0.137 e. The topological polar surface area (TPSA) is 83.1 Å². The first-order chi connectivity index (χ1) is 10.9. The zero-order chi connectivity index (χ0) is 15.0. The van der Waals surface area contributed by atoms with Gasteiger partial charge in [0.05, 0.1) is 22.8 Å². The SMILES string of the molecule is c1ccc(-c2ccc(-c3ccccn3)[nH]2)nc1.c1nc[nH]n1.